The van der Waals surface area contributed by atoms with Gasteiger partial charge in [0.15, 0.2) is 0 Å². The molecule has 1 aliphatic heterocycles. The summed E-state index contributed by atoms with van der Waals surface area (Å²) in [6.45, 7) is 10.9. The summed E-state index contributed by atoms with van der Waals surface area (Å²) in [5, 5.41) is 0. The van der Waals surface area contributed by atoms with Crippen molar-refractivity contribution < 1.29 is 19.0 Å². The number of benzene rings is 1. The fourth-order valence-electron chi connectivity index (χ4n) is 3.27. The number of nitrogens with two attached hydrogens (primary N) is 2. The maximum atomic E-state index is 12.6. The van der Waals surface area contributed by atoms with Gasteiger partial charge in [-0.2, -0.15) is 0 Å². The van der Waals surface area contributed by atoms with Gasteiger partial charge >= 0.3 is 6.09 Å². The van der Waals surface area contributed by atoms with E-state index in [9.17, 15) is 4.79 Å². The van der Waals surface area contributed by atoms with Crippen molar-refractivity contribution in [3.63, 3.8) is 0 Å². The van der Waals surface area contributed by atoms with Crippen LogP contribution in [0.4, 0.5) is 4.79 Å². The molecular weight excluding hydrogens is 396 g/mol. The highest BCUT2D eigenvalue weighted by molar-refractivity contribution is 5.77. The largest absolute Gasteiger partial charge is 0.497 e. The van der Waals surface area contributed by atoms with Crippen LogP contribution in [-0.4, -0.2) is 55.2 Å². The minimum absolute atomic E-state index is 0.316. The lowest BCUT2D eigenvalue weighted by Gasteiger charge is -2.52. The molecule has 8 nitrogen and oxygen atoms in total. The Morgan fingerprint density at radius 3 is 2.55 bits per heavy atom. The fraction of sp³-hybridized carbons (Fsp3) is 0.565. The predicted octanol–water partition coefficient (Wildman–Crippen LogP) is 3.23. The minimum Gasteiger partial charge on any atom is -0.497 e. The monoisotopic (exact) mass is 432 g/mol. The van der Waals surface area contributed by atoms with E-state index in [0.29, 0.717) is 37.1 Å². The van der Waals surface area contributed by atoms with Crippen molar-refractivity contribution in [1.82, 2.24) is 4.90 Å². The second-order valence-electron chi connectivity index (χ2n) is 9.23. The SMILES string of the molecule is COc1cccc(C(N=CC(N)=CN)C2(OCC(C)C)CN(C(=O)OC(C)(C)C)C2)c1. The lowest BCUT2D eigenvalue weighted by atomic mass is 9.82. The molecule has 1 aliphatic rings. The van der Waals surface area contributed by atoms with Gasteiger partial charge in [-0.25, -0.2) is 4.79 Å². The smallest absolute Gasteiger partial charge is 0.410 e. The minimum atomic E-state index is -0.723. The number of rotatable bonds is 8. The number of amides is 1. The molecule has 1 atom stereocenters. The molecule has 2 rings (SSSR count). The fourth-order valence-corrected chi connectivity index (χ4v) is 3.27. The maximum absolute atomic E-state index is 12.6. The summed E-state index contributed by atoms with van der Waals surface area (Å²) in [6, 6.07) is 7.23. The van der Waals surface area contributed by atoms with Crippen LogP contribution in [0.3, 0.4) is 0 Å². The van der Waals surface area contributed by atoms with E-state index >= 15 is 0 Å². The van der Waals surface area contributed by atoms with Crippen LogP contribution in [0.5, 0.6) is 5.75 Å². The molecule has 1 amide bonds. The van der Waals surface area contributed by atoms with Gasteiger partial charge in [0.25, 0.3) is 0 Å². The zero-order chi connectivity index (χ0) is 23.2. The highest BCUT2D eigenvalue weighted by atomic mass is 16.6. The zero-order valence-electron chi connectivity index (χ0n) is 19.4. The average Bonchev–Trinajstić information content (AvgIpc) is 2.67. The van der Waals surface area contributed by atoms with E-state index in [0.717, 1.165) is 5.56 Å². The third kappa shape index (κ3) is 6.62. The number of aliphatic imine (C=N–C) groups is 1. The molecule has 1 fully saturated rings. The van der Waals surface area contributed by atoms with Gasteiger partial charge < -0.3 is 30.6 Å². The lowest BCUT2D eigenvalue weighted by molar-refractivity contribution is -0.158. The van der Waals surface area contributed by atoms with Crippen LogP contribution in [0.25, 0.3) is 0 Å². The van der Waals surface area contributed by atoms with Gasteiger partial charge in [-0.3, -0.25) is 4.99 Å². The number of carbonyl (C=O) groups is 1. The number of allylic oxidation sites excluding steroid dienone is 1. The highest BCUT2D eigenvalue weighted by Gasteiger charge is 2.53. The number of nitrogens with zero attached hydrogens (tertiary/aromatic N) is 2. The maximum Gasteiger partial charge on any atom is 0.410 e. The second kappa shape index (κ2) is 10.0. The second-order valence-corrected chi connectivity index (χ2v) is 9.23. The summed E-state index contributed by atoms with van der Waals surface area (Å²) in [5.74, 6) is 1.03. The van der Waals surface area contributed by atoms with Crippen molar-refractivity contribution >= 4 is 12.3 Å². The normalized spacial score (nSPS) is 17.5. The van der Waals surface area contributed by atoms with Gasteiger partial charge in [0.2, 0.25) is 0 Å². The van der Waals surface area contributed by atoms with E-state index < -0.39 is 17.2 Å². The number of hydrogen-bond acceptors (Lipinski definition) is 7. The molecule has 4 N–H and O–H groups in total. The van der Waals surface area contributed by atoms with E-state index in [2.05, 4.69) is 13.8 Å². The Hall–Kier alpha value is -2.74. The molecule has 1 aromatic carbocycles. The zero-order valence-corrected chi connectivity index (χ0v) is 19.4. The quantitative estimate of drug-likeness (QED) is 0.610. The molecule has 0 aromatic heterocycles. The summed E-state index contributed by atoms with van der Waals surface area (Å²) in [7, 11) is 1.62. The van der Waals surface area contributed by atoms with Crippen LogP contribution >= 0.6 is 0 Å². The van der Waals surface area contributed by atoms with Crippen LogP contribution in [0.2, 0.25) is 0 Å². The molecule has 31 heavy (non-hydrogen) atoms. The number of methoxy groups -OCH3 is 1. The van der Waals surface area contributed by atoms with Crippen molar-refractivity contribution in [2.45, 2.75) is 51.9 Å². The first-order valence-corrected chi connectivity index (χ1v) is 10.5. The van der Waals surface area contributed by atoms with Crippen molar-refractivity contribution in [2.24, 2.45) is 22.4 Å². The predicted molar refractivity (Wildman–Crippen MR) is 122 cm³/mol. The number of carbonyl (C=O) groups excluding carboxylic acids is 1. The van der Waals surface area contributed by atoms with E-state index in [1.807, 2.05) is 45.0 Å². The van der Waals surface area contributed by atoms with Crippen LogP contribution in [0.1, 0.15) is 46.2 Å². The van der Waals surface area contributed by atoms with Crippen molar-refractivity contribution in [3.8, 4) is 5.75 Å². The Labute approximate surface area is 185 Å². The number of likely N-dealkylation sites (tertiary alicyclic amines) is 1. The third-order valence-corrected chi connectivity index (χ3v) is 4.75. The van der Waals surface area contributed by atoms with Crippen molar-refractivity contribution in [3.05, 3.63) is 41.7 Å². The molecule has 0 saturated carbocycles. The lowest BCUT2D eigenvalue weighted by Crippen LogP contribution is -2.67. The molecule has 1 aromatic rings. The van der Waals surface area contributed by atoms with Gasteiger partial charge in [0, 0.05) is 19.0 Å². The molecule has 1 heterocycles. The molecule has 0 radical (unpaired) electrons. The Balaban J connectivity index is 2.40. The summed E-state index contributed by atoms with van der Waals surface area (Å²) >= 11 is 0. The molecule has 1 unspecified atom stereocenters. The number of ether oxygens (including phenoxy) is 3. The van der Waals surface area contributed by atoms with Gasteiger partial charge in [0.05, 0.1) is 25.9 Å². The topological polar surface area (TPSA) is 112 Å². The third-order valence-electron chi connectivity index (χ3n) is 4.75. The summed E-state index contributed by atoms with van der Waals surface area (Å²) < 4.78 is 17.3. The van der Waals surface area contributed by atoms with Crippen LogP contribution in [0.15, 0.2) is 41.2 Å². The Bertz CT molecular complexity index is 808. The molecule has 0 bridgehead atoms. The van der Waals surface area contributed by atoms with Crippen molar-refractivity contribution in [2.75, 3.05) is 26.8 Å². The van der Waals surface area contributed by atoms with E-state index in [4.69, 9.17) is 30.7 Å². The average molecular weight is 433 g/mol. The van der Waals surface area contributed by atoms with Crippen LogP contribution in [0, 0.1) is 5.92 Å². The molecule has 8 heteroatoms. The number of hydrogen-bond donors (Lipinski definition) is 2. The molecular formula is C23H36N4O4. The molecule has 172 valence electrons. The van der Waals surface area contributed by atoms with Gasteiger partial charge in [0.1, 0.15) is 23.0 Å². The Kier molecular flexibility index (Phi) is 7.95. The first kappa shape index (κ1) is 24.5. The van der Waals surface area contributed by atoms with E-state index in [-0.39, 0.29) is 6.09 Å². The Morgan fingerprint density at radius 1 is 1.32 bits per heavy atom. The molecule has 0 aliphatic carbocycles. The highest BCUT2D eigenvalue weighted by Crippen LogP contribution is 2.42. The summed E-state index contributed by atoms with van der Waals surface area (Å²) in [4.78, 5) is 18.9. The van der Waals surface area contributed by atoms with Crippen LogP contribution in [-0.2, 0) is 9.47 Å². The summed E-state index contributed by atoms with van der Waals surface area (Å²) in [6.07, 6.45) is 2.45. The van der Waals surface area contributed by atoms with Gasteiger partial charge in [-0.05, 0) is 44.4 Å². The summed E-state index contributed by atoms with van der Waals surface area (Å²) in [5.41, 5.74) is 11.3. The first-order valence-electron chi connectivity index (χ1n) is 10.5. The Morgan fingerprint density at radius 2 is 2.00 bits per heavy atom. The van der Waals surface area contributed by atoms with Gasteiger partial charge in [-0.15, -0.1) is 0 Å². The van der Waals surface area contributed by atoms with E-state index in [1.54, 1.807) is 12.0 Å². The van der Waals surface area contributed by atoms with Crippen molar-refractivity contribution in [1.29, 1.82) is 0 Å². The molecule has 0 spiro atoms. The molecule has 1 saturated heterocycles. The van der Waals surface area contributed by atoms with E-state index in [1.165, 1.54) is 12.4 Å². The van der Waals surface area contributed by atoms with Gasteiger partial charge in [-0.1, -0.05) is 26.0 Å². The van der Waals surface area contributed by atoms with Crippen LogP contribution < -0.4 is 16.2 Å². The standard InChI is InChI=1S/C23H36N4O4/c1-16(2)13-30-23(14-27(15-23)21(28)31-22(3,4)5)20(26-12-18(25)11-24)17-8-7-9-19(10-17)29-6/h7-12,16,20H,13-15,24-25H2,1-6H3. The first-order chi connectivity index (χ1) is 14.5.